The van der Waals surface area contributed by atoms with Crippen LogP contribution in [-0.2, 0) is 32.7 Å². The van der Waals surface area contributed by atoms with E-state index in [0.717, 1.165) is 21.9 Å². The van der Waals surface area contributed by atoms with Gasteiger partial charge in [0.1, 0.15) is 0 Å². The van der Waals surface area contributed by atoms with Gasteiger partial charge in [-0.15, -0.1) is 69.1 Å². The van der Waals surface area contributed by atoms with Crippen LogP contribution in [0.2, 0.25) is 13.1 Å². The average Bonchev–Trinajstić information content (AvgIpc) is 3.70. The molecule has 0 aromatic heterocycles. The zero-order valence-corrected chi connectivity index (χ0v) is 34.4. The first-order valence-corrected chi connectivity index (χ1v) is 25.5. The van der Waals surface area contributed by atoms with E-state index in [1.54, 1.807) is 11.1 Å². The van der Waals surface area contributed by atoms with E-state index in [9.17, 15) is 0 Å². The summed E-state index contributed by atoms with van der Waals surface area (Å²) >= 11 is -0.826. The first kappa shape index (κ1) is 39.0. The van der Waals surface area contributed by atoms with Crippen LogP contribution in [0, 0.1) is 0 Å². The molecule has 1 unspecified atom stereocenters. The van der Waals surface area contributed by atoms with Gasteiger partial charge in [0.2, 0.25) is 0 Å². The predicted octanol–water partition coefficient (Wildman–Crippen LogP) is 14.4. The number of aryl methyl sites for hydroxylation is 1. The van der Waals surface area contributed by atoms with Crippen molar-refractivity contribution in [3.63, 3.8) is 0 Å². The van der Waals surface area contributed by atoms with Crippen molar-refractivity contribution in [2.24, 2.45) is 0 Å². The Morgan fingerprint density at radius 1 is 0.826 bits per heavy atom. The summed E-state index contributed by atoms with van der Waals surface area (Å²) in [5.74, 6) is 1.50. The molecule has 4 heteroatoms. The first-order chi connectivity index (χ1) is 22.1. The van der Waals surface area contributed by atoms with Crippen molar-refractivity contribution in [1.29, 1.82) is 0 Å². The summed E-state index contributed by atoms with van der Waals surface area (Å²) in [6.07, 6.45) is 9.40. The maximum absolute atomic E-state index is 4.93. The molecule has 0 bridgehead atoms. The molecule has 1 aliphatic rings. The van der Waals surface area contributed by atoms with Crippen LogP contribution >= 0.6 is 17.0 Å². The van der Waals surface area contributed by atoms with Crippen molar-refractivity contribution < 1.29 is 20.8 Å². The second-order valence-corrected chi connectivity index (χ2v) is 18.4. The zero-order chi connectivity index (χ0) is 33.7. The SMILES string of the molecule is CCC(C)c1cccc2[cH-]c(C3CCCCC3)cc12.CCc1cc2c(-c3ccc(C(C)(C)C)cc3)cccc2[cH-]1.C[Si]C.[Cl][Zr+2][Cl]. The normalized spacial score (nSPS) is 13.9. The third kappa shape index (κ3) is 10.8. The quantitative estimate of drug-likeness (QED) is 0.124. The van der Waals surface area contributed by atoms with E-state index in [2.05, 4.69) is 140 Å². The van der Waals surface area contributed by atoms with Gasteiger partial charge in [0.05, 0.1) is 0 Å². The summed E-state index contributed by atoms with van der Waals surface area (Å²) in [7, 11) is 11.0. The number of fused-ring (bicyclic) bond motifs is 2. The molecule has 46 heavy (non-hydrogen) atoms. The molecule has 0 amide bonds. The minimum atomic E-state index is -0.826. The Hall–Kier alpha value is -1.44. The van der Waals surface area contributed by atoms with Crippen LogP contribution in [0.1, 0.15) is 114 Å². The Balaban J connectivity index is 0.000000215. The van der Waals surface area contributed by atoms with Crippen molar-refractivity contribution in [3.8, 4) is 11.1 Å². The van der Waals surface area contributed by atoms with Crippen LogP contribution in [0.3, 0.4) is 0 Å². The van der Waals surface area contributed by atoms with E-state index in [0.29, 0.717) is 5.92 Å². The van der Waals surface area contributed by atoms with E-state index in [4.69, 9.17) is 17.0 Å². The molecule has 0 aliphatic heterocycles. The monoisotopic (exact) mass is 746 g/mol. The summed E-state index contributed by atoms with van der Waals surface area (Å²) < 4.78 is 0. The Bertz CT molecular complexity index is 1580. The zero-order valence-electron chi connectivity index (χ0n) is 29.4. The number of benzene rings is 3. The summed E-state index contributed by atoms with van der Waals surface area (Å²) in [5, 5.41) is 5.69. The Labute approximate surface area is 301 Å². The third-order valence-electron chi connectivity index (χ3n) is 9.31. The molecular formula is C42H54Cl2SiZr. The van der Waals surface area contributed by atoms with Crippen LogP contribution < -0.4 is 0 Å². The molecule has 5 aromatic carbocycles. The Morgan fingerprint density at radius 2 is 1.41 bits per heavy atom. The molecule has 0 saturated heterocycles. The molecular weight excluding hydrogens is 695 g/mol. The Kier molecular flexibility index (Phi) is 16.6. The van der Waals surface area contributed by atoms with Gasteiger partial charge in [0, 0.05) is 9.52 Å². The number of rotatable bonds is 5. The Morgan fingerprint density at radius 3 is 1.98 bits per heavy atom. The second-order valence-electron chi connectivity index (χ2n) is 13.7. The summed E-state index contributed by atoms with van der Waals surface area (Å²) in [6.45, 7) is 17.9. The second kappa shape index (κ2) is 19.5. The molecule has 0 heterocycles. The molecule has 5 aromatic rings. The van der Waals surface area contributed by atoms with Crippen molar-refractivity contribution in [2.75, 3.05) is 0 Å². The number of hydrogen-bond acceptors (Lipinski definition) is 0. The minimum absolute atomic E-state index is 0.209. The molecule has 0 N–H and O–H groups in total. The summed E-state index contributed by atoms with van der Waals surface area (Å²) in [5.41, 5.74) is 8.81. The topological polar surface area (TPSA) is 0 Å². The molecule has 0 spiro atoms. The van der Waals surface area contributed by atoms with E-state index < -0.39 is 20.8 Å². The molecule has 1 fully saturated rings. The fourth-order valence-corrected chi connectivity index (χ4v) is 6.51. The van der Waals surface area contributed by atoms with Gasteiger partial charge in [-0.1, -0.05) is 128 Å². The van der Waals surface area contributed by atoms with Gasteiger partial charge >= 0.3 is 37.9 Å². The van der Waals surface area contributed by atoms with Crippen molar-refractivity contribution in [1.82, 2.24) is 0 Å². The molecule has 1 saturated carbocycles. The van der Waals surface area contributed by atoms with E-state index in [1.807, 2.05) is 0 Å². The molecule has 6 rings (SSSR count). The van der Waals surface area contributed by atoms with Crippen LogP contribution in [0.25, 0.3) is 32.7 Å². The standard InChI is InChI=1S/C21H23.C19H25.C2H6Si.2ClH.Zr/c1-5-15-13-17-7-6-8-19(20(17)14-15)16-9-11-18(12-10-16)21(2,3)4;1-3-14(2)18-11-7-10-16-12-17(13-19(16)18)15-8-5-4-6-9-15;1-3-2;;;/h6-14H,5H2,1-4H3;7,10-15H,3-6,8-9H2,1-2H3;1-2H3;2*1H;/q2*-1;;;;+4/p-2. The van der Waals surface area contributed by atoms with Gasteiger partial charge in [-0.2, -0.15) is 12.1 Å². The average molecular weight is 749 g/mol. The van der Waals surface area contributed by atoms with E-state index in [1.165, 1.54) is 82.3 Å². The van der Waals surface area contributed by atoms with E-state index in [-0.39, 0.29) is 5.41 Å². The molecule has 1 atom stereocenters. The third-order valence-corrected chi connectivity index (χ3v) is 9.31. The maximum atomic E-state index is 4.93. The molecule has 0 nitrogen and oxygen atoms in total. The summed E-state index contributed by atoms with van der Waals surface area (Å²) in [6, 6.07) is 32.1. The van der Waals surface area contributed by atoms with Gasteiger partial charge in [0.15, 0.2) is 0 Å². The van der Waals surface area contributed by atoms with Crippen LogP contribution in [0.5, 0.6) is 0 Å². The van der Waals surface area contributed by atoms with Crippen molar-refractivity contribution >= 4 is 48.1 Å². The first-order valence-electron chi connectivity index (χ1n) is 17.1. The van der Waals surface area contributed by atoms with Crippen molar-refractivity contribution in [2.45, 2.75) is 117 Å². The van der Waals surface area contributed by atoms with Gasteiger partial charge in [-0.25, -0.2) is 0 Å². The van der Waals surface area contributed by atoms with Gasteiger partial charge in [-0.3, -0.25) is 0 Å². The molecule has 244 valence electrons. The van der Waals surface area contributed by atoms with Gasteiger partial charge in [-0.05, 0) is 47.6 Å². The predicted molar refractivity (Wildman–Crippen MR) is 206 cm³/mol. The van der Waals surface area contributed by atoms with Gasteiger partial charge < -0.3 is 0 Å². The fraction of sp³-hybridized carbons (Fsp3) is 0.429. The number of hydrogen-bond donors (Lipinski definition) is 0. The summed E-state index contributed by atoms with van der Waals surface area (Å²) in [4.78, 5) is 0. The van der Waals surface area contributed by atoms with Crippen LogP contribution in [-0.4, -0.2) is 9.52 Å². The van der Waals surface area contributed by atoms with E-state index >= 15 is 0 Å². The number of halogens is 2. The van der Waals surface area contributed by atoms with Gasteiger partial charge in [0.25, 0.3) is 0 Å². The van der Waals surface area contributed by atoms with Crippen LogP contribution in [0.4, 0.5) is 0 Å². The van der Waals surface area contributed by atoms with Crippen LogP contribution in [0.15, 0.2) is 84.9 Å². The van der Waals surface area contributed by atoms with Crippen molar-refractivity contribution in [3.05, 3.63) is 107 Å². The fourth-order valence-electron chi connectivity index (χ4n) is 6.51. The molecule has 1 aliphatic carbocycles. The molecule has 2 radical (unpaired) electrons.